The van der Waals surface area contributed by atoms with E-state index in [-0.39, 0.29) is 26.4 Å². The monoisotopic (exact) mass is 808 g/mol. The number of carbonyl (C=O) groups excluding carboxylic acids is 1. The normalized spacial score (nSPS) is 20.3. The van der Waals surface area contributed by atoms with E-state index in [1.54, 1.807) is 0 Å². The highest BCUT2D eigenvalue weighted by Crippen LogP contribution is 2.38. The van der Waals surface area contributed by atoms with Gasteiger partial charge in [0.2, 0.25) is 0 Å². The molecule has 9 nitrogen and oxygen atoms in total. The molecule has 1 saturated heterocycles. The van der Waals surface area contributed by atoms with E-state index in [0.29, 0.717) is 0 Å². The van der Waals surface area contributed by atoms with E-state index in [1.165, 1.54) is 7.11 Å². The van der Waals surface area contributed by atoms with Crippen LogP contribution in [0.5, 0.6) is 0 Å². The van der Waals surface area contributed by atoms with Crippen LogP contribution in [0.3, 0.4) is 0 Å². The van der Waals surface area contributed by atoms with Crippen molar-refractivity contribution in [2.75, 3.05) is 20.6 Å². The first kappa shape index (κ1) is 43.0. The van der Waals surface area contributed by atoms with Crippen molar-refractivity contribution < 1.29 is 46.8 Å². The van der Waals surface area contributed by atoms with E-state index < -0.39 is 63.2 Å². The highest BCUT2D eigenvalue weighted by Gasteiger charge is 2.53. The molecule has 5 aromatic rings. The fourth-order valence-corrected chi connectivity index (χ4v) is 11.9. The number of alkyl halides is 1. The van der Waals surface area contributed by atoms with Gasteiger partial charge in [-0.25, -0.2) is 9.18 Å². The molecule has 58 heavy (non-hydrogen) atoms. The van der Waals surface area contributed by atoms with Crippen LogP contribution in [0.25, 0.3) is 0 Å². The van der Waals surface area contributed by atoms with E-state index in [4.69, 9.17) is 37.6 Å². The van der Waals surface area contributed by atoms with Gasteiger partial charge >= 0.3 is 5.97 Å². The lowest BCUT2D eigenvalue weighted by molar-refractivity contribution is -0.378. The van der Waals surface area contributed by atoms with Gasteiger partial charge in [-0.05, 0) is 32.1 Å². The lowest BCUT2D eigenvalue weighted by Gasteiger charge is -2.46. The van der Waals surface area contributed by atoms with Crippen molar-refractivity contribution in [3.8, 4) is 0 Å². The van der Waals surface area contributed by atoms with Crippen molar-refractivity contribution in [2.24, 2.45) is 0 Å². The maximum Gasteiger partial charge on any atom is 0.337 e. The number of hydrogen-bond acceptors (Lipinski definition) is 9. The summed E-state index contributed by atoms with van der Waals surface area (Å²) in [7, 11) is -1.84. The zero-order valence-electron chi connectivity index (χ0n) is 33.5. The Hall–Kier alpha value is -4.56. The molecule has 306 valence electrons. The predicted octanol–water partition coefficient (Wildman–Crippen LogP) is 7.50. The van der Waals surface area contributed by atoms with Crippen molar-refractivity contribution in [1.29, 1.82) is 0 Å². The minimum atomic E-state index is -3.14. The summed E-state index contributed by atoms with van der Waals surface area (Å²) >= 11 is 0. The third kappa shape index (κ3) is 10.7. The Balaban J connectivity index is 1.37. The van der Waals surface area contributed by atoms with Gasteiger partial charge < -0.3 is 37.6 Å². The SMILES string of the molecule is COC(=O)[C@@H](CO[Si](c1ccccc1)(c1ccccc1)C(C)(C)C)OC1OC(OCF)C(OCc2ccccc2)C(OCc2ccccc2)C1OCc1ccccc1. The summed E-state index contributed by atoms with van der Waals surface area (Å²) in [6.45, 7) is 5.52. The predicted molar refractivity (Wildman–Crippen MR) is 221 cm³/mol. The first-order valence-electron chi connectivity index (χ1n) is 19.5. The highest BCUT2D eigenvalue weighted by molar-refractivity contribution is 6.99. The first-order valence-corrected chi connectivity index (χ1v) is 21.4. The molecule has 6 rings (SSSR count). The smallest absolute Gasteiger partial charge is 0.337 e. The lowest BCUT2D eigenvalue weighted by Crippen LogP contribution is -2.67. The number of benzene rings is 5. The molecule has 11 heteroatoms. The van der Waals surface area contributed by atoms with Crippen LogP contribution in [0.4, 0.5) is 4.39 Å². The Bertz CT molecular complexity index is 1900. The van der Waals surface area contributed by atoms with Gasteiger partial charge in [-0.1, -0.05) is 172 Å². The summed E-state index contributed by atoms with van der Waals surface area (Å²) in [4.78, 5) is 13.8. The molecule has 0 aromatic heterocycles. The zero-order valence-corrected chi connectivity index (χ0v) is 34.5. The van der Waals surface area contributed by atoms with Crippen LogP contribution >= 0.6 is 0 Å². The highest BCUT2D eigenvalue weighted by atomic mass is 28.4. The van der Waals surface area contributed by atoms with Crippen LogP contribution in [0, 0.1) is 0 Å². The molecular weight excluding hydrogens is 756 g/mol. The summed E-state index contributed by atoms with van der Waals surface area (Å²) in [6.07, 6.45) is -6.87. The zero-order chi connectivity index (χ0) is 40.8. The van der Waals surface area contributed by atoms with Crippen molar-refractivity contribution in [3.05, 3.63) is 168 Å². The minimum Gasteiger partial charge on any atom is -0.467 e. The largest absolute Gasteiger partial charge is 0.467 e. The third-order valence-electron chi connectivity index (χ3n) is 10.2. The van der Waals surface area contributed by atoms with Crippen LogP contribution in [0.1, 0.15) is 37.5 Å². The Labute approximate surface area is 342 Å². The number of esters is 1. The lowest BCUT2D eigenvalue weighted by atomic mass is 10.0. The van der Waals surface area contributed by atoms with Gasteiger partial charge in [-0.3, -0.25) is 0 Å². The molecule has 0 bridgehead atoms. The maximum absolute atomic E-state index is 14.3. The summed E-state index contributed by atoms with van der Waals surface area (Å²) in [5, 5.41) is 1.66. The first-order chi connectivity index (χ1) is 28.2. The molecule has 5 aromatic carbocycles. The van der Waals surface area contributed by atoms with Gasteiger partial charge in [-0.2, -0.15) is 0 Å². The Morgan fingerprint density at radius 3 is 1.40 bits per heavy atom. The summed E-state index contributed by atoms with van der Waals surface area (Å²) in [5.41, 5.74) is 2.66. The van der Waals surface area contributed by atoms with Crippen molar-refractivity contribution >= 4 is 24.7 Å². The Kier molecular flexibility index (Phi) is 15.5. The van der Waals surface area contributed by atoms with E-state index >= 15 is 0 Å². The second-order valence-corrected chi connectivity index (χ2v) is 19.4. The van der Waals surface area contributed by atoms with Gasteiger partial charge in [0.05, 0.1) is 33.5 Å². The van der Waals surface area contributed by atoms with Gasteiger partial charge in [0.25, 0.3) is 8.32 Å². The van der Waals surface area contributed by atoms with E-state index in [1.807, 2.05) is 127 Å². The molecule has 1 fully saturated rings. The summed E-state index contributed by atoms with van der Waals surface area (Å²) in [5.74, 6) is -0.685. The van der Waals surface area contributed by atoms with E-state index in [9.17, 15) is 9.18 Å². The number of rotatable bonds is 19. The molecule has 0 amide bonds. The van der Waals surface area contributed by atoms with Gasteiger partial charge in [-0.15, -0.1) is 0 Å². The average molecular weight is 809 g/mol. The summed E-state index contributed by atoms with van der Waals surface area (Å²) in [6, 6.07) is 49.0. The molecule has 1 aliphatic heterocycles. The van der Waals surface area contributed by atoms with Crippen molar-refractivity contribution in [3.63, 3.8) is 0 Å². The Morgan fingerprint density at radius 2 is 1.00 bits per heavy atom. The molecule has 0 spiro atoms. The van der Waals surface area contributed by atoms with E-state index in [2.05, 4.69) is 45.0 Å². The van der Waals surface area contributed by atoms with Crippen molar-refractivity contribution in [1.82, 2.24) is 0 Å². The Morgan fingerprint density at radius 1 is 0.603 bits per heavy atom. The molecule has 0 saturated carbocycles. The number of ether oxygens (including phenoxy) is 7. The third-order valence-corrected chi connectivity index (χ3v) is 15.2. The minimum absolute atomic E-state index is 0.140. The molecule has 6 atom stereocenters. The topological polar surface area (TPSA) is 90.9 Å². The number of methoxy groups -OCH3 is 1. The molecule has 0 N–H and O–H groups in total. The van der Waals surface area contributed by atoms with Gasteiger partial charge in [0.1, 0.15) is 18.3 Å². The van der Waals surface area contributed by atoms with E-state index in [0.717, 1.165) is 27.1 Å². The number of halogens is 1. The maximum atomic E-state index is 14.3. The van der Waals surface area contributed by atoms with Crippen LogP contribution in [-0.2, 0) is 62.2 Å². The van der Waals surface area contributed by atoms with Gasteiger partial charge in [0, 0.05) is 0 Å². The molecule has 1 heterocycles. The van der Waals surface area contributed by atoms with Gasteiger partial charge in [0.15, 0.2) is 25.5 Å². The molecule has 0 radical (unpaired) electrons. The fraction of sp³-hybridized carbons (Fsp3) is 0.340. The number of carbonyl (C=O) groups is 1. The van der Waals surface area contributed by atoms with Crippen LogP contribution in [0.15, 0.2) is 152 Å². The van der Waals surface area contributed by atoms with Crippen LogP contribution in [-0.4, -0.2) is 71.9 Å². The quantitative estimate of drug-likeness (QED) is 0.0622. The molecular formula is C47H53FO9Si. The molecule has 5 unspecified atom stereocenters. The average Bonchev–Trinajstić information content (AvgIpc) is 3.25. The second kappa shape index (κ2) is 20.9. The van der Waals surface area contributed by atoms with Crippen LogP contribution < -0.4 is 10.4 Å². The summed E-state index contributed by atoms with van der Waals surface area (Å²) < 4.78 is 65.2. The second-order valence-electron chi connectivity index (χ2n) is 15.1. The van der Waals surface area contributed by atoms with Crippen molar-refractivity contribution in [2.45, 2.75) is 82.6 Å². The van der Waals surface area contributed by atoms with Crippen LogP contribution in [0.2, 0.25) is 5.04 Å². The number of hydrogen-bond donors (Lipinski definition) is 0. The standard InChI is InChI=1S/C47H53FO9Si/c1-47(2,3)58(38-26-16-8-17-27-38,39-28-18-9-19-29-39)55-33-40(44(49)50-4)56-46-43(53-32-37-24-14-7-15-25-37)41(51-30-35-20-10-5-11-21-35)42(45(57-46)54-34-48)52-31-36-22-12-6-13-23-36/h5-29,40-43,45-46H,30-34H2,1-4H3/t40-,41?,42?,43?,45?,46?/m1/s1. The fourth-order valence-electron chi connectivity index (χ4n) is 7.34. The molecule has 0 aliphatic carbocycles. The molecule has 1 aliphatic rings.